The first kappa shape index (κ1) is 17.2. The maximum atomic E-state index is 12.5. The van der Waals surface area contributed by atoms with Crippen molar-refractivity contribution in [2.24, 2.45) is 0 Å². The Hall–Kier alpha value is -3.26. The lowest BCUT2D eigenvalue weighted by Gasteiger charge is -2.34. The average Bonchev–Trinajstić information content (AvgIpc) is 2.71. The fraction of sp³-hybridized carbons (Fsp3) is 0.263. The van der Waals surface area contributed by atoms with Gasteiger partial charge in [0.2, 0.25) is 0 Å². The van der Waals surface area contributed by atoms with Gasteiger partial charge in [-0.05, 0) is 24.3 Å². The van der Waals surface area contributed by atoms with E-state index in [2.05, 4.69) is 20.2 Å². The largest absolute Gasteiger partial charge is 0.322 e. The van der Waals surface area contributed by atoms with Gasteiger partial charge in [0.25, 0.3) is 5.56 Å². The molecular weight excluding hydrogens is 344 g/mol. The summed E-state index contributed by atoms with van der Waals surface area (Å²) in [6.07, 6.45) is 4.83. The highest BCUT2D eigenvalue weighted by Crippen LogP contribution is 2.09. The van der Waals surface area contributed by atoms with Crippen LogP contribution in [0.4, 0.5) is 10.5 Å². The summed E-state index contributed by atoms with van der Waals surface area (Å²) in [5, 5.41) is 2.70. The highest BCUT2D eigenvalue weighted by molar-refractivity contribution is 5.89. The van der Waals surface area contributed by atoms with Crippen LogP contribution in [-0.4, -0.2) is 56.4 Å². The predicted octanol–water partition coefficient (Wildman–Crippen LogP) is 1.44. The fourth-order valence-corrected chi connectivity index (χ4v) is 3.14. The summed E-state index contributed by atoms with van der Waals surface area (Å²) in [6.45, 7) is 3.49. The van der Waals surface area contributed by atoms with Gasteiger partial charge >= 0.3 is 6.03 Å². The topological polar surface area (TPSA) is 82.8 Å². The summed E-state index contributed by atoms with van der Waals surface area (Å²) in [4.78, 5) is 37.5. The van der Waals surface area contributed by atoms with Gasteiger partial charge in [-0.15, -0.1) is 0 Å². The Bertz CT molecular complexity index is 996. The second kappa shape index (κ2) is 7.55. The van der Waals surface area contributed by atoms with E-state index in [0.717, 1.165) is 25.3 Å². The molecule has 3 aromatic heterocycles. The number of piperazine rings is 1. The van der Waals surface area contributed by atoms with Crippen molar-refractivity contribution in [3.8, 4) is 0 Å². The van der Waals surface area contributed by atoms with Crippen molar-refractivity contribution in [1.29, 1.82) is 0 Å². The fourth-order valence-electron chi connectivity index (χ4n) is 3.14. The third kappa shape index (κ3) is 3.80. The zero-order chi connectivity index (χ0) is 18.6. The van der Waals surface area contributed by atoms with Crippen molar-refractivity contribution in [2.75, 3.05) is 31.5 Å². The minimum absolute atomic E-state index is 0.180. The molecular formula is C19H20N6O2. The highest BCUT2D eigenvalue weighted by Gasteiger charge is 2.22. The van der Waals surface area contributed by atoms with E-state index in [4.69, 9.17) is 0 Å². The molecule has 0 atom stereocenters. The van der Waals surface area contributed by atoms with E-state index in [9.17, 15) is 9.59 Å². The number of carbonyl (C=O) groups is 1. The van der Waals surface area contributed by atoms with E-state index in [1.54, 1.807) is 29.4 Å². The van der Waals surface area contributed by atoms with Crippen LogP contribution >= 0.6 is 0 Å². The summed E-state index contributed by atoms with van der Waals surface area (Å²) >= 11 is 0. The number of hydrogen-bond donors (Lipinski definition) is 1. The number of hydrogen-bond acceptors (Lipinski definition) is 5. The molecule has 4 heterocycles. The van der Waals surface area contributed by atoms with Gasteiger partial charge in [0, 0.05) is 45.1 Å². The molecule has 0 aliphatic carbocycles. The first-order valence-corrected chi connectivity index (χ1v) is 8.85. The SMILES string of the molecule is O=C(Nc1cnc2ccccn2c1=O)N1CCN(Cc2ccccn2)CC1. The Kier molecular flexibility index (Phi) is 4.80. The van der Waals surface area contributed by atoms with Crippen molar-refractivity contribution < 1.29 is 4.79 Å². The van der Waals surface area contributed by atoms with Gasteiger partial charge in [0.1, 0.15) is 11.3 Å². The monoisotopic (exact) mass is 364 g/mol. The highest BCUT2D eigenvalue weighted by atomic mass is 16.2. The smallest absolute Gasteiger partial charge is 0.322 e. The zero-order valence-corrected chi connectivity index (χ0v) is 14.8. The van der Waals surface area contributed by atoms with Gasteiger partial charge in [-0.25, -0.2) is 9.78 Å². The minimum atomic E-state index is -0.289. The summed E-state index contributed by atoms with van der Waals surface area (Å²) in [5.41, 5.74) is 1.46. The number of rotatable bonds is 3. The van der Waals surface area contributed by atoms with Gasteiger partial charge in [-0.1, -0.05) is 12.1 Å². The lowest BCUT2D eigenvalue weighted by molar-refractivity contribution is 0.142. The lowest BCUT2D eigenvalue weighted by Crippen LogP contribution is -2.50. The van der Waals surface area contributed by atoms with Crippen LogP contribution in [0.5, 0.6) is 0 Å². The molecule has 1 aliphatic rings. The van der Waals surface area contributed by atoms with E-state index < -0.39 is 0 Å². The molecule has 0 aromatic carbocycles. The van der Waals surface area contributed by atoms with Crippen molar-refractivity contribution in [2.45, 2.75) is 6.54 Å². The van der Waals surface area contributed by atoms with E-state index in [1.807, 2.05) is 24.3 Å². The number of nitrogens with one attached hydrogen (secondary N) is 1. The number of urea groups is 1. The molecule has 8 heteroatoms. The molecule has 0 saturated carbocycles. The molecule has 0 bridgehead atoms. The first-order chi connectivity index (χ1) is 13.2. The van der Waals surface area contributed by atoms with Gasteiger partial charge in [0.15, 0.2) is 0 Å². The lowest BCUT2D eigenvalue weighted by atomic mass is 10.3. The van der Waals surface area contributed by atoms with Gasteiger partial charge in [-0.3, -0.25) is 19.1 Å². The Morgan fingerprint density at radius 3 is 2.63 bits per heavy atom. The molecule has 27 heavy (non-hydrogen) atoms. The van der Waals surface area contributed by atoms with Crippen LogP contribution in [0, 0.1) is 0 Å². The number of carbonyl (C=O) groups excluding carboxylic acids is 1. The first-order valence-electron chi connectivity index (χ1n) is 8.85. The molecule has 8 nitrogen and oxygen atoms in total. The molecule has 0 unspecified atom stereocenters. The minimum Gasteiger partial charge on any atom is -0.322 e. The maximum Gasteiger partial charge on any atom is 0.322 e. The molecule has 2 amide bonds. The Balaban J connectivity index is 1.37. The molecule has 0 spiro atoms. The molecule has 1 N–H and O–H groups in total. The number of anilines is 1. The maximum absolute atomic E-state index is 12.5. The van der Waals surface area contributed by atoms with Crippen molar-refractivity contribution in [3.05, 3.63) is 71.0 Å². The molecule has 1 saturated heterocycles. The van der Waals surface area contributed by atoms with Crippen LogP contribution in [-0.2, 0) is 6.54 Å². The van der Waals surface area contributed by atoms with Gasteiger partial charge < -0.3 is 10.2 Å². The quantitative estimate of drug-likeness (QED) is 0.760. The third-order valence-electron chi connectivity index (χ3n) is 4.63. The molecule has 0 radical (unpaired) electrons. The molecule has 3 aromatic rings. The second-order valence-electron chi connectivity index (χ2n) is 6.42. The van der Waals surface area contributed by atoms with Gasteiger partial charge in [0.05, 0.1) is 11.9 Å². The Labute approximate surface area is 156 Å². The standard InChI is InChI=1S/C19H20N6O2/c26-18-16(13-21-17-6-2-4-8-25(17)18)22-19(27)24-11-9-23(10-12-24)14-15-5-1-3-7-20-15/h1-8,13H,9-12,14H2,(H,22,27). The Morgan fingerprint density at radius 1 is 1.04 bits per heavy atom. The second-order valence-corrected chi connectivity index (χ2v) is 6.42. The van der Waals surface area contributed by atoms with Crippen LogP contribution in [0.3, 0.4) is 0 Å². The zero-order valence-electron chi connectivity index (χ0n) is 14.8. The van der Waals surface area contributed by atoms with Crippen molar-refractivity contribution in [1.82, 2.24) is 24.2 Å². The normalized spacial score (nSPS) is 15.0. The van der Waals surface area contributed by atoms with Crippen LogP contribution in [0.25, 0.3) is 5.65 Å². The van der Waals surface area contributed by atoms with Crippen LogP contribution < -0.4 is 10.9 Å². The number of fused-ring (bicyclic) bond motifs is 1. The number of pyridine rings is 2. The summed E-state index contributed by atoms with van der Waals surface area (Å²) < 4.78 is 1.42. The van der Waals surface area contributed by atoms with Crippen LogP contribution in [0.15, 0.2) is 59.8 Å². The van der Waals surface area contributed by atoms with Crippen LogP contribution in [0.2, 0.25) is 0 Å². The average molecular weight is 364 g/mol. The summed E-state index contributed by atoms with van der Waals surface area (Å²) in [7, 11) is 0. The van der Waals surface area contributed by atoms with Crippen LogP contribution in [0.1, 0.15) is 5.69 Å². The van der Waals surface area contributed by atoms with Crippen molar-refractivity contribution >= 4 is 17.4 Å². The van der Waals surface area contributed by atoms with Crippen molar-refractivity contribution in [3.63, 3.8) is 0 Å². The molecule has 138 valence electrons. The number of amides is 2. The number of aromatic nitrogens is 3. The summed E-state index contributed by atoms with van der Waals surface area (Å²) in [6, 6.07) is 10.9. The van der Waals surface area contributed by atoms with E-state index in [0.29, 0.717) is 18.7 Å². The van der Waals surface area contributed by atoms with E-state index in [1.165, 1.54) is 10.6 Å². The van der Waals surface area contributed by atoms with E-state index >= 15 is 0 Å². The Morgan fingerprint density at radius 2 is 1.85 bits per heavy atom. The van der Waals surface area contributed by atoms with E-state index in [-0.39, 0.29) is 17.3 Å². The molecule has 1 aliphatic heterocycles. The summed E-state index contributed by atoms with van der Waals surface area (Å²) in [5.74, 6) is 0. The molecule has 4 rings (SSSR count). The van der Waals surface area contributed by atoms with Gasteiger partial charge in [-0.2, -0.15) is 0 Å². The predicted molar refractivity (Wildman–Crippen MR) is 102 cm³/mol. The number of nitrogens with zero attached hydrogens (tertiary/aromatic N) is 5. The molecule has 1 fully saturated rings. The third-order valence-corrected chi connectivity index (χ3v) is 4.63.